The number of hydrogen-bond acceptors (Lipinski definition) is 6. The SMILES string of the molecule is Cc1cc(C)c(S(=O)(=O)N2CCC[C@H]2c2nnc(C(=O)Nc3cccc(Cl)c3)s2)c(C)c1. The minimum Gasteiger partial charge on any atom is -0.320 e. The summed E-state index contributed by atoms with van der Waals surface area (Å²) in [5, 5.41) is 12.1. The van der Waals surface area contributed by atoms with E-state index in [1.54, 1.807) is 24.3 Å². The molecule has 1 fully saturated rings. The van der Waals surface area contributed by atoms with Crippen LogP contribution in [0.2, 0.25) is 5.02 Å². The maximum absolute atomic E-state index is 13.6. The molecular formula is C22H23ClN4O3S2. The zero-order chi connectivity index (χ0) is 23.0. The topological polar surface area (TPSA) is 92.3 Å². The van der Waals surface area contributed by atoms with Crippen LogP contribution in [-0.4, -0.2) is 35.4 Å². The lowest BCUT2D eigenvalue weighted by atomic mass is 10.1. The number of nitrogens with one attached hydrogen (secondary N) is 1. The number of nitrogens with zero attached hydrogens (tertiary/aromatic N) is 3. The second-order valence-electron chi connectivity index (χ2n) is 7.91. The first-order chi connectivity index (χ1) is 15.2. The summed E-state index contributed by atoms with van der Waals surface area (Å²) in [6.07, 6.45) is 1.35. The van der Waals surface area contributed by atoms with Crippen molar-refractivity contribution in [1.82, 2.24) is 14.5 Å². The molecule has 0 radical (unpaired) electrons. The van der Waals surface area contributed by atoms with Gasteiger partial charge in [-0.1, -0.05) is 46.7 Å². The highest BCUT2D eigenvalue weighted by molar-refractivity contribution is 7.89. The minimum atomic E-state index is -3.72. The van der Waals surface area contributed by atoms with E-state index in [2.05, 4.69) is 15.5 Å². The molecule has 168 valence electrons. The molecule has 1 atom stereocenters. The van der Waals surface area contributed by atoms with E-state index in [-0.39, 0.29) is 5.01 Å². The Kier molecular flexibility index (Phi) is 6.35. The highest BCUT2D eigenvalue weighted by atomic mass is 35.5. The summed E-state index contributed by atoms with van der Waals surface area (Å²) in [7, 11) is -3.72. The van der Waals surface area contributed by atoms with Crippen LogP contribution >= 0.6 is 22.9 Å². The number of aromatic nitrogens is 2. The molecule has 0 aliphatic carbocycles. The van der Waals surface area contributed by atoms with Crippen LogP contribution in [0.1, 0.15) is 50.4 Å². The number of rotatable bonds is 5. The summed E-state index contributed by atoms with van der Waals surface area (Å²) in [4.78, 5) is 12.9. The van der Waals surface area contributed by atoms with Gasteiger partial charge in [0.05, 0.1) is 10.9 Å². The number of amides is 1. The molecule has 0 bridgehead atoms. The third kappa shape index (κ3) is 4.43. The van der Waals surface area contributed by atoms with E-state index in [0.29, 0.717) is 33.6 Å². The Morgan fingerprint density at radius 2 is 1.88 bits per heavy atom. The molecule has 1 amide bonds. The van der Waals surface area contributed by atoms with Gasteiger partial charge in [0.15, 0.2) is 0 Å². The maximum atomic E-state index is 13.6. The molecule has 2 heterocycles. The van der Waals surface area contributed by atoms with Crippen LogP contribution in [0, 0.1) is 20.8 Å². The molecule has 32 heavy (non-hydrogen) atoms. The molecule has 4 rings (SSSR count). The van der Waals surface area contributed by atoms with Crippen LogP contribution < -0.4 is 5.32 Å². The first-order valence-corrected chi connectivity index (χ1v) is 12.8. The van der Waals surface area contributed by atoms with Gasteiger partial charge >= 0.3 is 0 Å². The lowest BCUT2D eigenvalue weighted by molar-refractivity contribution is 0.102. The van der Waals surface area contributed by atoms with Crippen LogP contribution in [0.4, 0.5) is 5.69 Å². The minimum absolute atomic E-state index is 0.173. The van der Waals surface area contributed by atoms with Crippen LogP contribution in [0.5, 0.6) is 0 Å². The smallest absolute Gasteiger partial charge is 0.286 e. The fraction of sp³-hybridized carbons (Fsp3) is 0.318. The molecule has 7 nitrogen and oxygen atoms in total. The zero-order valence-corrected chi connectivity index (χ0v) is 20.3. The van der Waals surface area contributed by atoms with Gasteiger partial charge in [0.25, 0.3) is 5.91 Å². The fourth-order valence-corrected chi connectivity index (χ4v) is 7.40. The summed E-state index contributed by atoms with van der Waals surface area (Å²) in [5.41, 5.74) is 3.03. The predicted octanol–water partition coefficient (Wildman–Crippen LogP) is 4.89. The Labute approximate surface area is 196 Å². The summed E-state index contributed by atoms with van der Waals surface area (Å²) in [6.45, 7) is 6.00. The van der Waals surface area contributed by atoms with Crippen molar-refractivity contribution in [2.75, 3.05) is 11.9 Å². The third-order valence-corrected chi connectivity index (χ3v) is 8.85. The average molecular weight is 491 g/mol. The molecule has 2 aromatic carbocycles. The highest BCUT2D eigenvalue weighted by Gasteiger charge is 2.39. The Morgan fingerprint density at radius 1 is 1.16 bits per heavy atom. The molecule has 1 N–H and O–H groups in total. The van der Waals surface area contributed by atoms with E-state index >= 15 is 0 Å². The molecule has 1 aromatic heterocycles. The summed E-state index contributed by atoms with van der Waals surface area (Å²) < 4.78 is 28.6. The Bertz CT molecular complexity index is 1270. The maximum Gasteiger partial charge on any atom is 0.286 e. The van der Waals surface area contributed by atoms with Crippen LogP contribution in [0.25, 0.3) is 0 Å². The molecular weight excluding hydrogens is 468 g/mol. The fourth-order valence-electron chi connectivity index (χ4n) is 4.18. The monoisotopic (exact) mass is 490 g/mol. The number of benzene rings is 2. The standard InChI is InChI=1S/C22H23ClN4O3S2/c1-13-10-14(2)19(15(3)11-13)32(29,30)27-9-5-8-18(27)21-25-26-22(31-21)20(28)24-17-7-4-6-16(23)12-17/h4,6-7,10-12,18H,5,8-9H2,1-3H3,(H,24,28)/t18-/m0/s1. The van der Waals surface area contributed by atoms with Crippen molar-refractivity contribution in [2.24, 2.45) is 0 Å². The van der Waals surface area contributed by atoms with Crippen LogP contribution in [-0.2, 0) is 10.0 Å². The van der Waals surface area contributed by atoms with Gasteiger partial charge in [-0.2, -0.15) is 4.31 Å². The first kappa shape index (κ1) is 22.8. The highest BCUT2D eigenvalue weighted by Crippen LogP contribution is 2.39. The lowest BCUT2D eigenvalue weighted by Crippen LogP contribution is -2.31. The summed E-state index contributed by atoms with van der Waals surface area (Å²) in [5.74, 6) is -0.409. The Morgan fingerprint density at radius 3 is 2.56 bits per heavy atom. The number of halogens is 1. The molecule has 3 aromatic rings. The lowest BCUT2D eigenvalue weighted by Gasteiger charge is -2.24. The number of hydrogen-bond donors (Lipinski definition) is 1. The van der Waals surface area contributed by atoms with Crippen LogP contribution in [0.3, 0.4) is 0 Å². The number of sulfonamides is 1. The Balaban J connectivity index is 1.59. The van der Waals surface area contributed by atoms with Gasteiger partial charge in [0.1, 0.15) is 5.01 Å². The van der Waals surface area contributed by atoms with Gasteiger partial charge in [-0.3, -0.25) is 4.79 Å². The van der Waals surface area contributed by atoms with Crippen molar-refractivity contribution in [3.8, 4) is 0 Å². The second-order valence-corrected chi connectivity index (χ2v) is 11.2. The Hall–Kier alpha value is -2.33. The molecule has 10 heteroatoms. The van der Waals surface area contributed by atoms with E-state index in [9.17, 15) is 13.2 Å². The molecule has 0 saturated carbocycles. The van der Waals surface area contributed by atoms with Gasteiger partial charge < -0.3 is 5.32 Å². The van der Waals surface area contributed by atoms with E-state index in [0.717, 1.165) is 34.4 Å². The van der Waals surface area contributed by atoms with Crippen molar-refractivity contribution in [1.29, 1.82) is 0 Å². The van der Waals surface area contributed by atoms with E-state index in [1.807, 2.05) is 32.9 Å². The normalized spacial score (nSPS) is 16.9. The third-order valence-electron chi connectivity index (χ3n) is 5.38. The van der Waals surface area contributed by atoms with Gasteiger partial charge in [-0.25, -0.2) is 8.42 Å². The van der Waals surface area contributed by atoms with E-state index in [1.165, 1.54) is 4.31 Å². The number of carbonyl (C=O) groups is 1. The van der Waals surface area contributed by atoms with Crippen LogP contribution in [0.15, 0.2) is 41.3 Å². The van der Waals surface area contributed by atoms with E-state index < -0.39 is 22.0 Å². The molecule has 0 unspecified atom stereocenters. The largest absolute Gasteiger partial charge is 0.320 e. The summed E-state index contributed by atoms with van der Waals surface area (Å²) >= 11 is 7.08. The first-order valence-electron chi connectivity index (χ1n) is 10.2. The van der Waals surface area contributed by atoms with Crippen molar-refractivity contribution in [3.05, 3.63) is 68.1 Å². The zero-order valence-electron chi connectivity index (χ0n) is 17.9. The van der Waals surface area contributed by atoms with Crippen molar-refractivity contribution < 1.29 is 13.2 Å². The van der Waals surface area contributed by atoms with Crippen molar-refractivity contribution >= 4 is 44.6 Å². The van der Waals surface area contributed by atoms with Gasteiger partial charge in [-0.15, -0.1) is 10.2 Å². The summed E-state index contributed by atoms with van der Waals surface area (Å²) in [6, 6.07) is 10.1. The average Bonchev–Trinajstić information content (AvgIpc) is 3.37. The van der Waals surface area contributed by atoms with Gasteiger partial charge in [0.2, 0.25) is 15.0 Å². The molecule has 1 aliphatic heterocycles. The molecule has 1 saturated heterocycles. The number of aryl methyl sites for hydroxylation is 3. The number of anilines is 1. The predicted molar refractivity (Wildman–Crippen MR) is 126 cm³/mol. The number of carbonyl (C=O) groups excluding carboxylic acids is 1. The van der Waals surface area contributed by atoms with Crippen molar-refractivity contribution in [2.45, 2.75) is 44.6 Å². The quantitative estimate of drug-likeness (QED) is 0.549. The van der Waals surface area contributed by atoms with Gasteiger partial charge in [-0.05, 0) is 62.9 Å². The molecule has 0 spiro atoms. The van der Waals surface area contributed by atoms with Crippen molar-refractivity contribution in [3.63, 3.8) is 0 Å². The van der Waals surface area contributed by atoms with E-state index in [4.69, 9.17) is 11.6 Å². The second kappa shape index (κ2) is 8.90. The van der Waals surface area contributed by atoms with Gasteiger partial charge in [0, 0.05) is 17.3 Å². The molecule has 1 aliphatic rings.